The lowest BCUT2D eigenvalue weighted by atomic mass is 9.95. The van der Waals surface area contributed by atoms with E-state index in [-0.39, 0.29) is 11.9 Å². The topological polar surface area (TPSA) is 47.3 Å². The van der Waals surface area contributed by atoms with Crippen LogP contribution < -0.4 is 0 Å². The molecule has 0 spiro atoms. The molecule has 4 rings (SSSR count). The van der Waals surface area contributed by atoms with Crippen LogP contribution in [0.1, 0.15) is 38.7 Å². The molecule has 1 heterocycles. The SMILES string of the molecule is N#Cc1cccc(C(=O)N2CCN(C(c3ccccc3)c3ccc(C(F)(F)F)cc3)CC2)c1. The number of rotatable bonds is 4. The predicted molar refractivity (Wildman–Crippen MR) is 118 cm³/mol. The highest BCUT2D eigenvalue weighted by atomic mass is 19.4. The molecule has 1 aliphatic rings. The minimum atomic E-state index is -4.38. The number of piperazine rings is 1. The minimum Gasteiger partial charge on any atom is -0.336 e. The van der Waals surface area contributed by atoms with E-state index in [2.05, 4.69) is 4.90 Å². The molecule has 1 saturated heterocycles. The van der Waals surface area contributed by atoms with Gasteiger partial charge in [-0.3, -0.25) is 9.69 Å². The molecule has 1 amide bonds. The molecule has 0 bridgehead atoms. The molecule has 1 fully saturated rings. The molecule has 1 aliphatic heterocycles. The first-order valence-electron chi connectivity index (χ1n) is 10.6. The number of carbonyl (C=O) groups excluding carboxylic acids is 1. The van der Waals surface area contributed by atoms with Gasteiger partial charge in [-0.25, -0.2) is 0 Å². The number of carbonyl (C=O) groups is 1. The van der Waals surface area contributed by atoms with Crippen LogP contribution in [0.2, 0.25) is 0 Å². The summed E-state index contributed by atoms with van der Waals surface area (Å²) in [6, 6.07) is 23.4. The van der Waals surface area contributed by atoms with Crippen LogP contribution in [0, 0.1) is 11.3 Å². The monoisotopic (exact) mass is 449 g/mol. The van der Waals surface area contributed by atoms with Crippen molar-refractivity contribution in [3.8, 4) is 6.07 Å². The van der Waals surface area contributed by atoms with E-state index in [1.807, 2.05) is 36.4 Å². The molecule has 0 N–H and O–H groups in total. The maximum atomic E-state index is 13.0. The van der Waals surface area contributed by atoms with Crippen molar-refractivity contribution in [3.05, 3.63) is 107 Å². The normalized spacial score (nSPS) is 15.6. The molecule has 168 valence electrons. The van der Waals surface area contributed by atoms with Crippen molar-refractivity contribution < 1.29 is 18.0 Å². The van der Waals surface area contributed by atoms with Gasteiger partial charge >= 0.3 is 6.18 Å². The van der Waals surface area contributed by atoms with Crippen LogP contribution in [0.25, 0.3) is 0 Å². The minimum absolute atomic E-state index is 0.127. The van der Waals surface area contributed by atoms with Gasteiger partial charge in [-0.15, -0.1) is 0 Å². The number of benzene rings is 3. The molecule has 1 unspecified atom stereocenters. The van der Waals surface area contributed by atoms with Gasteiger partial charge in [0, 0.05) is 31.7 Å². The van der Waals surface area contributed by atoms with Gasteiger partial charge in [-0.05, 0) is 41.5 Å². The number of halogens is 3. The number of hydrogen-bond donors (Lipinski definition) is 0. The zero-order chi connectivity index (χ0) is 23.4. The Morgan fingerprint density at radius 1 is 0.848 bits per heavy atom. The van der Waals surface area contributed by atoms with E-state index in [0.29, 0.717) is 37.3 Å². The summed E-state index contributed by atoms with van der Waals surface area (Å²) in [4.78, 5) is 16.8. The number of nitriles is 1. The van der Waals surface area contributed by atoms with Crippen LogP contribution in [0.4, 0.5) is 13.2 Å². The first-order chi connectivity index (χ1) is 15.9. The van der Waals surface area contributed by atoms with E-state index >= 15 is 0 Å². The predicted octanol–water partition coefficient (Wildman–Crippen LogP) is 5.12. The van der Waals surface area contributed by atoms with Gasteiger partial charge in [0.1, 0.15) is 0 Å². The molecular formula is C26H22F3N3O. The summed E-state index contributed by atoms with van der Waals surface area (Å²) in [5.41, 5.74) is 2.00. The number of nitrogens with zero attached hydrogens (tertiary/aromatic N) is 3. The summed E-state index contributed by atoms with van der Waals surface area (Å²) < 4.78 is 39.1. The van der Waals surface area contributed by atoms with E-state index in [1.165, 1.54) is 12.1 Å². The summed E-state index contributed by atoms with van der Waals surface area (Å²) in [6.07, 6.45) is -4.38. The zero-order valence-electron chi connectivity index (χ0n) is 17.8. The first-order valence-corrected chi connectivity index (χ1v) is 10.6. The first kappa shape index (κ1) is 22.6. The molecule has 0 radical (unpaired) electrons. The number of alkyl halides is 3. The molecule has 0 aliphatic carbocycles. The summed E-state index contributed by atoms with van der Waals surface area (Å²) in [6.45, 7) is 2.12. The highest BCUT2D eigenvalue weighted by Gasteiger charge is 2.32. The van der Waals surface area contributed by atoms with Gasteiger partial charge in [0.25, 0.3) is 5.91 Å². The molecule has 0 saturated carbocycles. The highest BCUT2D eigenvalue weighted by Crippen LogP contribution is 2.33. The van der Waals surface area contributed by atoms with Gasteiger partial charge in [0.05, 0.1) is 23.2 Å². The maximum Gasteiger partial charge on any atom is 0.416 e. The third-order valence-electron chi connectivity index (χ3n) is 5.87. The third-order valence-corrected chi connectivity index (χ3v) is 5.87. The molecule has 1 atom stereocenters. The largest absolute Gasteiger partial charge is 0.416 e. The van der Waals surface area contributed by atoms with E-state index < -0.39 is 11.7 Å². The maximum absolute atomic E-state index is 13.0. The van der Waals surface area contributed by atoms with Gasteiger partial charge in [-0.1, -0.05) is 48.5 Å². The average Bonchev–Trinajstić information content (AvgIpc) is 2.85. The Hall–Kier alpha value is -3.63. The molecule has 4 nitrogen and oxygen atoms in total. The standard InChI is InChI=1S/C26H22F3N3O/c27-26(28,29)23-11-9-21(10-12-23)24(20-6-2-1-3-7-20)31-13-15-32(16-14-31)25(33)22-8-4-5-19(17-22)18-30/h1-12,17,24H,13-16H2. The van der Waals surface area contributed by atoms with Crippen LogP contribution in [0.15, 0.2) is 78.9 Å². The molecule has 7 heteroatoms. The van der Waals surface area contributed by atoms with Crippen molar-refractivity contribution in [1.82, 2.24) is 9.80 Å². The van der Waals surface area contributed by atoms with E-state index in [0.717, 1.165) is 23.3 Å². The fourth-order valence-electron chi connectivity index (χ4n) is 4.19. The van der Waals surface area contributed by atoms with Crippen LogP contribution in [-0.4, -0.2) is 41.9 Å². The highest BCUT2D eigenvalue weighted by molar-refractivity contribution is 5.94. The second-order valence-corrected chi connectivity index (χ2v) is 7.95. The van der Waals surface area contributed by atoms with Crippen molar-refractivity contribution in [1.29, 1.82) is 5.26 Å². The summed E-state index contributed by atoms with van der Waals surface area (Å²) in [7, 11) is 0. The second kappa shape index (κ2) is 9.47. The lowest BCUT2D eigenvalue weighted by Gasteiger charge is -2.40. The van der Waals surface area contributed by atoms with Gasteiger partial charge in [0.15, 0.2) is 0 Å². The number of amides is 1. The van der Waals surface area contributed by atoms with Crippen molar-refractivity contribution in [2.45, 2.75) is 12.2 Å². The fourth-order valence-corrected chi connectivity index (χ4v) is 4.19. The molecule has 0 aromatic heterocycles. The quantitative estimate of drug-likeness (QED) is 0.555. The van der Waals surface area contributed by atoms with Crippen LogP contribution >= 0.6 is 0 Å². The van der Waals surface area contributed by atoms with E-state index in [4.69, 9.17) is 5.26 Å². The Morgan fingerprint density at radius 2 is 1.48 bits per heavy atom. The molecule has 3 aromatic rings. The molecular weight excluding hydrogens is 427 g/mol. The van der Waals surface area contributed by atoms with E-state index in [1.54, 1.807) is 29.2 Å². The van der Waals surface area contributed by atoms with Crippen LogP contribution in [0.5, 0.6) is 0 Å². The fraction of sp³-hybridized carbons (Fsp3) is 0.231. The van der Waals surface area contributed by atoms with Crippen LogP contribution in [0.3, 0.4) is 0 Å². The summed E-state index contributed by atoms with van der Waals surface area (Å²) >= 11 is 0. The lowest BCUT2D eigenvalue weighted by molar-refractivity contribution is -0.137. The van der Waals surface area contributed by atoms with Crippen LogP contribution in [-0.2, 0) is 6.18 Å². The van der Waals surface area contributed by atoms with Crippen molar-refractivity contribution in [2.75, 3.05) is 26.2 Å². The third kappa shape index (κ3) is 5.07. The Morgan fingerprint density at radius 3 is 2.09 bits per heavy atom. The Bertz CT molecular complexity index is 1150. The van der Waals surface area contributed by atoms with Gasteiger partial charge in [0.2, 0.25) is 0 Å². The molecule has 33 heavy (non-hydrogen) atoms. The Balaban J connectivity index is 1.54. The van der Waals surface area contributed by atoms with E-state index in [9.17, 15) is 18.0 Å². The molecule has 3 aromatic carbocycles. The smallest absolute Gasteiger partial charge is 0.336 e. The van der Waals surface area contributed by atoms with Gasteiger partial charge < -0.3 is 4.90 Å². The number of hydrogen-bond acceptors (Lipinski definition) is 3. The van der Waals surface area contributed by atoms with Crippen molar-refractivity contribution in [3.63, 3.8) is 0 Å². The second-order valence-electron chi connectivity index (χ2n) is 7.95. The summed E-state index contributed by atoms with van der Waals surface area (Å²) in [5.74, 6) is -0.127. The van der Waals surface area contributed by atoms with Crippen molar-refractivity contribution >= 4 is 5.91 Å². The summed E-state index contributed by atoms with van der Waals surface area (Å²) in [5, 5.41) is 9.08. The Labute approximate surface area is 190 Å². The van der Waals surface area contributed by atoms with Gasteiger partial charge in [-0.2, -0.15) is 18.4 Å². The average molecular weight is 449 g/mol. The van der Waals surface area contributed by atoms with Crippen molar-refractivity contribution in [2.24, 2.45) is 0 Å². The Kier molecular flexibility index (Phi) is 6.47. The zero-order valence-corrected chi connectivity index (χ0v) is 17.8. The lowest BCUT2D eigenvalue weighted by Crippen LogP contribution is -2.49.